The summed E-state index contributed by atoms with van der Waals surface area (Å²) in [6.07, 6.45) is 0.156. The molecule has 0 saturated carbocycles. The summed E-state index contributed by atoms with van der Waals surface area (Å²) < 4.78 is 11.0. The molecule has 8 heteroatoms. The molecule has 186 valence electrons. The van der Waals surface area contributed by atoms with Gasteiger partial charge in [0.2, 0.25) is 5.91 Å². The minimum absolute atomic E-state index is 0.0449. The zero-order valence-electron chi connectivity index (χ0n) is 20.1. The maximum atomic E-state index is 13.2. The Morgan fingerprint density at radius 2 is 1.60 bits per heavy atom. The molecule has 1 aliphatic carbocycles. The highest BCUT2D eigenvalue weighted by atomic mass is 16.5. The molecule has 2 amide bonds. The number of amides is 2. The van der Waals surface area contributed by atoms with Crippen LogP contribution in [0.5, 0.6) is 0 Å². The predicted molar refractivity (Wildman–Crippen MR) is 130 cm³/mol. The van der Waals surface area contributed by atoms with Gasteiger partial charge in [-0.1, -0.05) is 62.4 Å². The molecule has 1 fully saturated rings. The number of fused-ring (bicyclic) bond motifs is 3. The number of rotatable bonds is 8. The Labute approximate surface area is 205 Å². The molecule has 0 spiro atoms. The second-order valence-electron chi connectivity index (χ2n) is 9.61. The van der Waals surface area contributed by atoms with Crippen molar-refractivity contribution in [2.45, 2.75) is 38.6 Å². The van der Waals surface area contributed by atoms with Gasteiger partial charge in [0.25, 0.3) is 0 Å². The minimum atomic E-state index is -1.08. The van der Waals surface area contributed by atoms with Crippen LogP contribution in [0, 0.1) is 11.3 Å². The number of hydrogen-bond donors (Lipinski definition) is 3. The summed E-state index contributed by atoms with van der Waals surface area (Å²) in [5, 5.41) is 14.9. The van der Waals surface area contributed by atoms with Crippen molar-refractivity contribution in [1.82, 2.24) is 10.6 Å². The SMILES string of the molecule is CC(C)[C@H](NC(=O)C1(CNC(=O)OCC2c3ccccc3-c3ccccc32)CCOCC1)C(=O)O. The van der Waals surface area contributed by atoms with Crippen LogP contribution in [-0.4, -0.2) is 55.5 Å². The lowest BCUT2D eigenvalue weighted by atomic mass is 9.78. The first-order valence-corrected chi connectivity index (χ1v) is 12.0. The standard InChI is InChI=1S/C27H32N2O6/c1-17(2)23(24(30)31)29-25(32)27(11-13-34-14-12-27)16-28-26(33)35-15-22-20-9-5-3-7-18(20)19-8-4-6-10-21(19)22/h3-10,17,22-23H,11-16H2,1-2H3,(H,28,33)(H,29,32)(H,30,31)/t23-/m0/s1. The van der Waals surface area contributed by atoms with E-state index in [-0.39, 0.29) is 30.9 Å². The number of benzene rings is 2. The molecule has 2 aliphatic rings. The topological polar surface area (TPSA) is 114 Å². The molecule has 2 aromatic rings. The van der Waals surface area contributed by atoms with Crippen molar-refractivity contribution in [2.24, 2.45) is 11.3 Å². The van der Waals surface area contributed by atoms with Crippen molar-refractivity contribution in [3.63, 3.8) is 0 Å². The first kappa shape index (κ1) is 24.7. The van der Waals surface area contributed by atoms with Crippen molar-refractivity contribution in [3.05, 3.63) is 59.7 Å². The van der Waals surface area contributed by atoms with Gasteiger partial charge in [-0.15, -0.1) is 0 Å². The Hall–Kier alpha value is -3.39. The zero-order chi connectivity index (χ0) is 25.0. The van der Waals surface area contributed by atoms with Crippen LogP contribution in [0.3, 0.4) is 0 Å². The summed E-state index contributed by atoms with van der Waals surface area (Å²) in [7, 11) is 0. The van der Waals surface area contributed by atoms with Crippen LogP contribution in [0.25, 0.3) is 11.1 Å². The minimum Gasteiger partial charge on any atom is -0.480 e. The van der Waals surface area contributed by atoms with Gasteiger partial charge in [0.15, 0.2) is 0 Å². The van der Waals surface area contributed by atoms with E-state index < -0.39 is 23.5 Å². The zero-order valence-corrected chi connectivity index (χ0v) is 20.1. The molecule has 1 atom stereocenters. The Morgan fingerprint density at radius 1 is 1.03 bits per heavy atom. The highest BCUT2D eigenvalue weighted by Crippen LogP contribution is 2.44. The largest absolute Gasteiger partial charge is 0.480 e. The van der Waals surface area contributed by atoms with Gasteiger partial charge in [-0.3, -0.25) is 4.79 Å². The third-order valence-corrected chi connectivity index (χ3v) is 7.07. The summed E-state index contributed by atoms with van der Waals surface area (Å²) in [5.74, 6) is -1.81. The molecule has 0 bridgehead atoms. The molecular formula is C27H32N2O6. The van der Waals surface area contributed by atoms with E-state index >= 15 is 0 Å². The second kappa shape index (κ2) is 10.5. The van der Waals surface area contributed by atoms with Crippen molar-refractivity contribution in [1.29, 1.82) is 0 Å². The van der Waals surface area contributed by atoms with Crippen LogP contribution in [-0.2, 0) is 19.1 Å². The number of carboxylic acids is 1. The lowest BCUT2D eigenvalue weighted by molar-refractivity contribution is -0.147. The molecule has 0 radical (unpaired) electrons. The summed E-state index contributed by atoms with van der Waals surface area (Å²) in [6.45, 7) is 4.42. The first-order valence-electron chi connectivity index (χ1n) is 12.0. The van der Waals surface area contributed by atoms with Crippen LogP contribution < -0.4 is 10.6 Å². The van der Waals surface area contributed by atoms with Gasteiger partial charge in [0.05, 0.1) is 5.41 Å². The van der Waals surface area contributed by atoms with E-state index in [9.17, 15) is 19.5 Å². The normalized spacial score (nSPS) is 17.2. The summed E-state index contributed by atoms with van der Waals surface area (Å²) in [6, 6.07) is 15.2. The fourth-order valence-corrected chi connectivity index (χ4v) is 4.94. The van der Waals surface area contributed by atoms with E-state index in [2.05, 4.69) is 34.9 Å². The maximum absolute atomic E-state index is 13.2. The van der Waals surface area contributed by atoms with Gasteiger partial charge >= 0.3 is 12.1 Å². The van der Waals surface area contributed by atoms with Gasteiger partial charge in [0.1, 0.15) is 12.6 Å². The van der Waals surface area contributed by atoms with E-state index in [4.69, 9.17) is 9.47 Å². The van der Waals surface area contributed by atoms with Crippen LogP contribution >= 0.6 is 0 Å². The number of carbonyl (C=O) groups excluding carboxylic acids is 2. The first-order chi connectivity index (χ1) is 16.8. The summed E-state index contributed by atoms with van der Waals surface area (Å²) >= 11 is 0. The maximum Gasteiger partial charge on any atom is 0.407 e. The second-order valence-corrected chi connectivity index (χ2v) is 9.61. The van der Waals surface area contributed by atoms with E-state index in [0.29, 0.717) is 26.1 Å². The van der Waals surface area contributed by atoms with Gasteiger partial charge in [0, 0.05) is 25.7 Å². The van der Waals surface area contributed by atoms with Crippen molar-refractivity contribution in [2.75, 3.05) is 26.4 Å². The smallest absolute Gasteiger partial charge is 0.407 e. The molecule has 1 saturated heterocycles. The molecule has 35 heavy (non-hydrogen) atoms. The van der Waals surface area contributed by atoms with Crippen LogP contribution in [0.4, 0.5) is 4.79 Å². The summed E-state index contributed by atoms with van der Waals surface area (Å²) in [5.41, 5.74) is 3.58. The molecule has 2 aromatic carbocycles. The van der Waals surface area contributed by atoms with Crippen molar-refractivity contribution >= 4 is 18.0 Å². The van der Waals surface area contributed by atoms with Crippen LogP contribution in [0.2, 0.25) is 0 Å². The molecule has 0 aromatic heterocycles. The molecule has 3 N–H and O–H groups in total. The average Bonchev–Trinajstić information content (AvgIpc) is 3.18. The average molecular weight is 481 g/mol. The fourth-order valence-electron chi connectivity index (χ4n) is 4.94. The molecule has 1 heterocycles. The van der Waals surface area contributed by atoms with E-state index in [1.807, 2.05) is 24.3 Å². The number of alkyl carbamates (subject to hydrolysis) is 1. The molecular weight excluding hydrogens is 448 g/mol. The quantitative estimate of drug-likeness (QED) is 0.533. The monoisotopic (exact) mass is 480 g/mol. The third kappa shape index (κ3) is 5.17. The number of nitrogens with one attached hydrogen (secondary N) is 2. The molecule has 1 aliphatic heterocycles. The van der Waals surface area contributed by atoms with E-state index in [0.717, 1.165) is 22.3 Å². The lowest BCUT2D eigenvalue weighted by Gasteiger charge is -2.37. The molecule has 8 nitrogen and oxygen atoms in total. The Morgan fingerprint density at radius 3 is 2.14 bits per heavy atom. The third-order valence-electron chi connectivity index (χ3n) is 7.07. The number of carboxylic acid groups (broad SMARTS) is 1. The van der Waals surface area contributed by atoms with E-state index in [1.54, 1.807) is 13.8 Å². The number of ether oxygens (including phenoxy) is 2. The molecule has 4 rings (SSSR count). The summed E-state index contributed by atoms with van der Waals surface area (Å²) in [4.78, 5) is 37.4. The fraction of sp³-hybridized carbons (Fsp3) is 0.444. The van der Waals surface area contributed by atoms with Gasteiger partial charge in [-0.25, -0.2) is 9.59 Å². The molecule has 0 unspecified atom stereocenters. The number of hydrogen-bond acceptors (Lipinski definition) is 5. The van der Waals surface area contributed by atoms with Crippen molar-refractivity contribution < 1.29 is 29.0 Å². The predicted octanol–water partition coefficient (Wildman–Crippen LogP) is 3.55. The lowest BCUT2D eigenvalue weighted by Crippen LogP contribution is -2.56. The highest BCUT2D eigenvalue weighted by molar-refractivity contribution is 5.88. The highest BCUT2D eigenvalue weighted by Gasteiger charge is 2.42. The van der Waals surface area contributed by atoms with Crippen LogP contribution in [0.15, 0.2) is 48.5 Å². The number of aliphatic carboxylic acids is 1. The van der Waals surface area contributed by atoms with Gasteiger partial charge in [-0.05, 0) is 41.0 Å². The Bertz CT molecular complexity index is 1050. The van der Waals surface area contributed by atoms with E-state index in [1.165, 1.54) is 0 Å². The number of carbonyl (C=O) groups is 3. The van der Waals surface area contributed by atoms with Crippen molar-refractivity contribution in [3.8, 4) is 11.1 Å². The van der Waals surface area contributed by atoms with Crippen LogP contribution in [0.1, 0.15) is 43.7 Å². The Balaban J connectivity index is 1.40. The van der Waals surface area contributed by atoms with Gasteiger partial charge < -0.3 is 25.2 Å². The van der Waals surface area contributed by atoms with Gasteiger partial charge in [-0.2, -0.15) is 0 Å². The Kier molecular flexibility index (Phi) is 7.40.